The minimum absolute atomic E-state index is 0.0747. The molecule has 7 rings (SSSR count). The van der Waals surface area contributed by atoms with E-state index < -0.39 is 5.41 Å². The monoisotopic (exact) mass is 492 g/mol. The van der Waals surface area contributed by atoms with Crippen LogP contribution in [0.15, 0.2) is 54.7 Å². The standard InChI is InChI=1S/C29H28N6O2/c1-37-20-5-8-25-22(15-20)29(28(36)32-25)16-23(29)19-4-6-21-24(33-34-26(21)14-19)7-2-18-3-9-27(31-17-18)35-12-10-30-11-13-35/h2-9,14-15,17,23,30H,10-13,16H2,1H3,(H,32,36)(H,33,34)/b7-2+/t23-,29-/m0/s1. The molecule has 4 aromatic rings. The fraction of sp³-hybridized carbons (Fsp3) is 0.276. The Morgan fingerprint density at radius 1 is 1.08 bits per heavy atom. The van der Waals surface area contributed by atoms with E-state index in [0.717, 1.165) is 83.1 Å². The molecule has 2 aromatic carbocycles. The summed E-state index contributed by atoms with van der Waals surface area (Å²) in [6.45, 7) is 3.95. The number of rotatable bonds is 5. The van der Waals surface area contributed by atoms with Gasteiger partial charge >= 0.3 is 0 Å². The third-order valence-electron chi connectivity index (χ3n) is 7.99. The van der Waals surface area contributed by atoms with Crippen molar-refractivity contribution in [2.45, 2.75) is 17.8 Å². The van der Waals surface area contributed by atoms with E-state index in [2.05, 4.69) is 61.0 Å². The Morgan fingerprint density at radius 2 is 1.97 bits per heavy atom. The van der Waals surface area contributed by atoms with Gasteiger partial charge in [0.25, 0.3) is 0 Å². The highest BCUT2D eigenvalue weighted by atomic mass is 16.5. The Hall–Kier alpha value is -4.17. The van der Waals surface area contributed by atoms with Crippen molar-refractivity contribution in [1.29, 1.82) is 0 Å². The molecule has 1 saturated carbocycles. The van der Waals surface area contributed by atoms with E-state index in [1.54, 1.807) is 7.11 Å². The Bertz CT molecular complexity index is 1540. The number of carbonyl (C=O) groups excluding carboxylic acids is 1. The Balaban J connectivity index is 1.11. The van der Waals surface area contributed by atoms with Crippen LogP contribution in [0.1, 0.15) is 34.7 Å². The number of aromatic amines is 1. The number of piperazine rings is 1. The van der Waals surface area contributed by atoms with Crippen LogP contribution in [0.2, 0.25) is 0 Å². The number of benzene rings is 2. The highest BCUT2D eigenvalue weighted by Gasteiger charge is 2.65. The largest absolute Gasteiger partial charge is 0.497 e. The van der Waals surface area contributed by atoms with Crippen LogP contribution in [0, 0.1) is 0 Å². The maximum Gasteiger partial charge on any atom is 0.235 e. The summed E-state index contributed by atoms with van der Waals surface area (Å²) in [5.74, 6) is 2.00. The zero-order valence-electron chi connectivity index (χ0n) is 20.6. The number of nitrogens with one attached hydrogen (secondary N) is 3. The van der Waals surface area contributed by atoms with Crippen LogP contribution in [-0.4, -0.2) is 54.4 Å². The zero-order chi connectivity index (χ0) is 25.0. The molecule has 2 fully saturated rings. The minimum atomic E-state index is -0.510. The number of hydrogen-bond donors (Lipinski definition) is 3. The lowest BCUT2D eigenvalue weighted by molar-refractivity contribution is -0.118. The molecule has 0 unspecified atom stereocenters. The van der Waals surface area contributed by atoms with Crippen molar-refractivity contribution >= 4 is 40.5 Å². The summed E-state index contributed by atoms with van der Waals surface area (Å²) in [6, 6.07) is 16.4. The SMILES string of the molecule is COc1ccc2c(c1)[C@]1(C[C@H]1c1ccc3c(/C=C/c4ccc(N5CCNCC5)nc4)n[nH]c3c1)C(=O)N2. The zero-order valence-corrected chi connectivity index (χ0v) is 20.6. The lowest BCUT2D eigenvalue weighted by Gasteiger charge is -2.28. The second-order valence-electron chi connectivity index (χ2n) is 10.0. The van der Waals surface area contributed by atoms with E-state index in [-0.39, 0.29) is 11.8 Å². The van der Waals surface area contributed by atoms with Gasteiger partial charge in [-0.2, -0.15) is 5.10 Å². The average Bonchev–Trinajstić information content (AvgIpc) is 3.49. The molecule has 37 heavy (non-hydrogen) atoms. The summed E-state index contributed by atoms with van der Waals surface area (Å²) in [6.07, 6.45) is 6.77. The summed E-state index contributed by atoms with van der Waals surface area (Å²) in [7, 11) is 1.65. The van der Waals surface area contributed by atoms with Crippen molar-refractivity contribution < 1.29 is 9.53 Å². The molecule has 1 aliphatic carbocycles. The summed E-state index contributed by atoms with van der Waals surface area (Å²) < 4.78 is 5.42. The highest BCUT2D eigenvalue weighted by Crippen LogP contribution is 2.65. The third kappa shape index (κ3) is 3.59. The lowest BCUT2D eigenvalue weighted by Crippen LogP contribution is -2.43. The third-order valence-corrected chi connectivity index (χ3v) is 7.99. The molecule has 1 amide bonds. The molecule has 8 nitrogen and oxygen atoms in total. The number of nitrogens with zero attached hydrogens (tertiary/aromatic N) is 3. The molecular formula is C29H28N6O2. The van der Waals surface area contributed by atoms with Gasteiger partial charge in [-0.3, -0.25) is 9.89 Å². The second kappa shape index (κ2) is 8.45. The topological polar surface area (TPSA) is 95.2 Å². The van der Waals surface area contributed by atoms with Gasteiger partial charge in [0.2, 0.25) is 5.91 Å². The average molecular weight is 493 g/mol. The number of aromatic nitrogens is 3. The molecule has 2 aromatic heterocycles. The van der Waals surface area contributed by atoms with E-state index in [1.807, 2.05) is 36.5 Å². The van der Waals surface area contributed by atoms with Crippen LogP contribution in [0.5, 0.6) is 5.75 Å². The predicted octanol–water partition coefficient (Wildman–Crippen LogP) is 3.92. The molecular weight excluding hydrogens is 464 g/mol. The first-order valence-corrected chi connectivity index (χ1v) is 12.7. The first-order chi connectivity index (χ1) is 18.2. The number of pyridine rings is 1. The highest BCUT2D eigenvalue weighted by molar-refractivity contribution is 6.10. The van der Waals surface area contributed by atoms with Crippen LogP contribution in [0.25, 0.3) is 23.1 Å². The quantitative estimate of drug-likeness (QED) is 0.391. The first-order valence-electron chi connectivity index (χ1n) is 12.7. The smallest absolute Gasteiger partial charge is 0.235 e. The van der Waals surface area contributed by atoms with Gasteiger partial charge in [0.1, 0.15) is 11.6 Å². The van der Waals surface area contributed by atoms with E-state index in [0.29, 0.717) is 0 Å². The Morgan fingerprint density at radius 3 is 2.78 bits per heavy atom. The molecule has 8 heteroatoms. The maximum absolute atomic E-state index is 13.0. The molecule has 2 aliphatic heterocycles. The van der Waals surface area contributed by atoms with Gasteiger partial charge < -0.3 is 20.3 Å². The van der Waals surface area contributed by atoms with Gasteiger partial charge in [0, 0.05) is 49.4 Å². The van der Waals surface area contributed by atoms with E-state index >= 15 is 0 Å². The van der Waals surface area contributed by atoms with Crippen molar-refractivity contribution in [3.8, 4) is 5.75 Å². The Kier molecular flexibility index (Phi) is 5.04. The normalized spacial score (nSPS) is 22.6. The second-order valence-corrected chi connectivity index (χ2v) is 10.0. The predicted molar refractivity (Wildman–Crippen MR) is 145 cm³/mol. The van der Waals surface area contributed by atoms with Gasteiger partial charge in [0.15, 0.2) is 0 Å². The minimum Gasteiger partial charge on any atom is -0.497 e. The number of carbonyl (C=O) groups is 1. The van der Waals surface area contributed by atoms with Crippen LogP contribution in [0.4, 0.5) is 11.5 Å². The molecule has 0 bridgehead atoms. The summed E-state index contributed by atoms with van der Waals surface area (Å²) >= 11 is 0. The molecule has 1 spiro atoms. The summed E-state index contributed by atoms with van der Waals surface area (Å²) in [4.78, 5) is 20.0. The number of hydrogen-bond acceptors (Lipinski definition) is 6. The van der Waals surface area contributed by atoms with E-state index in [4.69, 9.17) is 4.74 Å². The van der Waals surface area contributed by atoms with Crippen LogP contribution < -0.4 is 20.3 Å². The summed E-state index contributed by atoms with van der Waals surface area (Å²) in [5.41, 5.74) is 5.44. The van der Waals surface area contributed by atoms with E-state index in [9.17, 15) is 4.79 Å². The maximum atomic E-state index is 13.0. The number of methoxy groups -OCH3 is 1. The van der Waals surface area contributed by atoms with Crippen LogP contribution >= 0.6 is 0 Å². The van der Waals surface area contributed by atoms with Crippen LogP contribution in [-0.2, 0) is 10.2 Å². The van der Waals surface area contributed by atoms with Crippen molar-refractivity contribution in [1.82, 2.24) is 20.5 Å². The number of ether oxygens (including phenoxy) is 1. The first kappa shape index (κ1) is 22.1. The number of H-pyrrole nitrogens is 1. The molecule has 3 N–H and O–H groups in total. The molecule has 186 valence electrons. The van der Waals surface area contributed by atoms with Gasteiger partial charge in [-0.25, -0.2) is 4.98 Å². The molecule has 4 heterocycles. The van der Waals surface area contributed by atoms with Crippen molar-refractivity contribution in [3.63, 3.8) is 0 Å². The van der Waals surface area contributed by atoms with Gasteiger partial charge in [0.05, 0.1) is 23.7 Å². The number of anilines is 2. The van der Waals surface area contributed by atoms with Gasteiger partial charge in [-0.15, -0.1) is 0 Å². The molecule has 1 saturated heterocycles. The molecule has 3 aliphatic rings. The van der Waals surface area contributed by atoms with Gasteiger partial charge in [-0.05, 0) is 65.6 Å². The lowest BCUT2D eigenvalue weighted by atomic mass is 9.91. The Labute approximate surface area is 214 Å². The fourth-order valence-electron chi connectivity index (χ4n) is 5.85. The van der Waals surface area contributed by atoms with Gasteiger partial charge in [-0.1, -0.05) is 18.2 Å². The molecule has 2 atom stereocenters. The van der Waals surface area contributed by atoms with Crippen molar-refractivity contribution in [2.75, 3.05) is 43.5 Å². The number of fused-ring (bicyclic) bond motifs is 3. The van der Waals surface area contributed by atoms with Crippen molar-refractivity contribution in [2.24, 2.45) is 0 Å². The molecule has 0 radical (unpaired) electrons. The van der Waals surface area contributed by atoms with Crippen molar-refractivity contribution in [3.05, 3.63) is 77.1 Å². The van der Waals surface area contributed by atoms with Crippen LogP contribution in [0.3, 0.4) is 0 Å². The fourth-order valence-corrected chi connectivity index (χ4v) is 5.85. The van der Waals surface area contributed by atoms with E-state index in [1.165, 1.54) is 0 Å². The summed E-state index contributed by atoms with van der Waals surface area (Å²) in [5, 5.41) is 15.2. The number of amides is 1.